The van der Waals surface area contributed by atoms with Gasteiger partial charge in [0.25, 0.3) is 0 Å². The van der Waals surface area contributed by atoms with Gasteiger partial charge in [-0.3, -0.25) is 14.7 Å². The maximum absolute atomic E-state index is 11.7. The largest absolute Gasteiger partial charge is 0.445 e. The Morgan fingerprint density at radius 3 is 1.45 bits per heavy atom. The van der Waals surface area contributed by atoms with Gasteiger partial charge in [0.1, 0.15) is 13.2 Å². The maximum atomic E-state index is 11.7. The van der Waals surface area contributed by atoms with Crippen molar-refractivity contribution in [1.29, 1.82) is 0 Å². The van der Waals surface area contributed by atoms with Crippen molar-refractivity contribution in [3.05, 3.63) is 71.8 Å². The molecule has 2 saturated heterocycles. The first-order chi connectivity index (χ1) is 22.5. The van der Waals surface area contributed by atoms with Crippen LogP contribution in [0.1, 0.15) is 31.9 Å². The summed E-state index contributed by atoms with van der Waals surface area (Å²) in [5, 5.41) is 25.3. The van der Waals surface area contributed by atoms with Gasteiger partial charge in [-0.25, -0.2) is 9.59 Å². The maximum Gasteiger partial charge on any atom is 0.407 e. The van der Waals surface area contributed by atoms with Gasteiger partial charge in [0.2, 0.25) is 0 Å². The zero-order valence-corrected chi connectivity index (χ0v) is 28.6. The summed E-state index contributed by atoms with van der Waals surface area (Å²) in [4.78, 5) is 32.5. The number of aliphatic hydroxyl groups excluding tert-OH is 2. The molecular weight excluding hydrogens is 600 g/mol. The summed E-state index contributed by atoms with van der Waals surface area (Å²) in [5.74, 6) is 0. The number of aliphatic hydroxyl groups is 2. The van der Waals surface area contributed by atoms with Crippen LogP contribution in [0.4, 0.5) is 9.59 Å². The molecule has 262 valence electrons. The van der Waals surface area contributed by atoms with Crippen LogP contribution in [0.25, 0.3) is 0 Å². The van der Waals surface area contributed by atoms with Crippen molar-refractivity contribution < 1.29 is 29.3 Å². The summed E-state index contributed by atoms with van der Waals surface area (Å²) in [6, 6.07) is 19.0. The van der Waals surface area contributed by atoms with Gasteiger partial charge in [-0.15, -0.1) is 0 Å². The molecule has 12 nitrogen and oxygen atoms in total. The number of ether oxygens (including phenoxy) is 2. The molecule has 2 aromatic rings. The van der Waals surface area contributed by atoms with Gasteiger partial charge in [0, 0.05) is 84.1 Å². The predicted octanol–water partition coefficient (Wildman–Crippen LogP) is 2.21. The summed E-state index contributed by atoms with van der Waals surface area (Å²) in [7, 11) is 2.10. The number of likely N-dealkylation sites (N-methyl/N-ethyl adjacent to an activating group) is 1. The molecule has 0 aliphatic carbocycles. The van der Waals surface area contributed by atoms with E-state index in [1.54, 1.807) is 0 Å². The third-order valence-corrected chi connectivity index (χ3v) is 8.24. The SMILES string of the molecule is CC(C)(C)N1CCN(C[C@@H](O)CNC(=O)OCc2ccccc2)CC1.CN1CCN(C[C@@H](O)CNC(=O)OCc2ccccc2)CC1. The minimum atomic E-state index is -0.592. The van der Waals surface area contributed by atoms with E-state index in [1.807, 2.05) is 60.7 Å². The van der Waals surface area contributed by atoms with Crippen molar-refractivity contribution in [3.8, 4) is 0 Å². The van der Waals surface area contributed by atoms with Crippen molar-refractivity contribution >= 4 is 12.2 Å². The Labute approximate surface area is 280 Å². The van der Waals surface area contributed by atoms with Crippen molar-refractivity contribution in [2.75, 3.05) is 85.6 Å². The van der Waals surface area contributed by atoms with Crippen LogP contribution < -0.4 is 10.6 Å². The third kappa shape index (κ3) is 15.9. The number of piperazine rings is 2. The number of amides is 2. The lowest BCUT2D eigenvalue weighted by molar-refractivity contribution is 0.0361. The van der Waals surface area contributed by atoms with Gasteiger partial charge in [-0.1, -0.05) is 60.7 Å². The first-order valence-corrected chi connectivity index (χ1v) is 16.6. The molecule has 2 aliphatic heterocycles. The van der Waals surface area contributed by atoms with Gasteiger partial charge in [-0.2, -0.15) is 0 Å². The Hall–Kier alpha value is -3.26. The Kier molecular flexibility index (Phi) is 16.4. The molecule has 47 heavy (non-hydrogen) atoms. The number of hydrogen-bond donors (Lipinski definition) is 4. The number of β-amino-alcohol motifs (C(OH)–C–C–N with tert-alkyl or cyclic N) is 2. The third-order valence-electron chi connectivity index (χ3n) is 8.24. The van der Waals surface area contributed by atoms with E-state index < -0.39 is 24.4 Å². The summed E-state index contributed by atoms with van der Waals surface area (Å²) < 4.78 is 10.2. The number of benzene rings is 2. The van der Waals surface area contributed by atoms with Crippen LogP contribution in [-0.4, -0.2) is 145 Å². The minimum absolute atomic E-state index is 0.189. The monoisotopic (exact) mass is 656 g/mol. The van der Waals surface area contributed by atoms with Gasteiger partial charge in [-0.05, 0) is 38.9 Å². The summed E-state index contributed by atoms with van der Waals surface area (Å²) in [5.41, 5.74) is 2.07. The lowest BCUT2D eigenvalue weighted by atomic mass is 10.0. The highest BCUT2D eigenvalue weighted by molar-refractivity contribution is 5.67. The highest BCUT2D eigenvalue weighted by atomic mass is 16.6. The molecule has 12 heteroatoms. The van der Waals surface area contributed by atoms with Crippen molar-refractivity contribution in [3.63, 3.8) is 0 Å². The van der Waals surface area contributed by atoms with Crippen molar-refractivity contribution in [1.82, 2.24) is 30.2 Å². The molecule has 0 spiro atoms. The molecule has 4 rings (SSSR count). The average molecular weight is 657 g/mol. The van der Waals surface area contributed by atoms with E-state index >= 15 is 0 Å². The van der Waals surface area contributed by atoms with Crippen LogP contribution in [0.15, 0.2) is 60.7 Å². The molecule has 0 unspecified atom stereocenters. The van der Waals surface area contributed by atoms with Crippen LogP contribution in [0.3, 0.4) is 0 Å². The lowest BCUT2D eigenvalue weighted by Gasteiger charge is -2.42. The molecule has 2 fully saturated rings. The number of nitrogens with one attached hydrogen (secondary N) is 2. The molecule has 2 heterocycles. The molecule has 4 N–H and O–H groups in total. The molecule has 2 atom stereocenters. The minimum Gasteiger partial charge on any atom is -0.445 e. The summed E-state index contributed by atoms with van der Waals surface area (Å²) in [6.45, 7) is 16.5. The number of alkyl carbamates (subject to hydrolysis) is 2. The summed E-state index contributed by atoms with van der Waals surface area (Å²) >= 11 is 0. The zero-order valence-electron chi connectivity index (χ0n) is 28.6. The van der Waals surface area contributed by atoms with E-state index in [1.165, 1.54) is 0 Å². The Morgan fingerprint density at radius 2 is 1.06 bits per heavy atom. The van der Waals surface area contributed by atoms with Gasteiger partial charge in [0.05, 0.1) is 12.2 Å². The molecule has 0 aromatic heterocycles. The quantitative estimate of drug-likeness (QED) is 0.270. The smallest absolute Gasteiger partial charge is 0.407 e. The van der Waals surface area contributed by atoms with Crippen LogP contribution >= 0.6 is 0 Å². The first kappa shape index (κ1) is 38.2. The fourth-order valence-electron chi connectivity index (χ4n) is 5.31. The molecule has 0 radical (unpaired) electrons. The second-order valence-corrected chi connectivity index (χ2v) is 13.3. The number of rotatable bonds is 12. The van der Waals surface area contributed by atoms with E-state index in [0.717, 1.165) is 63.5 Å². The summed E-state index contributed by atoms with van der Waals surface area (Å²) in [6.07, 6.45) is -2.17. The van der Waals surface area contributed by atoms with E-state index in [4.69, 9.17) is 9.47 Å². The highest BCUT2D eigenvalue weighted by Crippen LogP contribution is 2.15. The first-order valence-electron chi connectivity index (χ1n) is 16.6. The lowest BCUT2D eigenvalue weighted by Crippen LogP contribution is -2.55. The molecule has 2 aromatic carbocycles. The van der Waals surface area contributed by atoms with Gasteiger partial charge in [0.15, 0.2) is 0 Å². The van der Waals surface area contributed by atoms with Crippen LogP contribution in [0.2, 0.25) is 0 Å². The van der Waals surface area contributed by atoms with Crippen molar-refractivity contribution in [2.24, 2.45) is 0 Å². The molecule has 2 amide bonds. The van der Waals surface area contributed by atoms with E-state index in [0.29, 0.717) is 13.1 Å². The number of carbonyl (C=O) groups is 2. The topological polar surface area (TPSA) is 130 Å². The second-order valence-electron chi connectivity index (χ2n) is 13.3. The number of hydrogen-bond acceptors (Lipinski definition) is 10. The Morgan fingerprint density at radius 1 is 0.681 bits per heavy atom. The van der Waals surface area contributed by atoms with E-state index in [-0.39, 0.29) is 31.8 Å². The normalized spacial score (nSPS) is 17.9. The average Bonchev–Trinajstić information content (AvgIpc) is 3.06. The molecule has 0 bridgehead atoms. The predicted molar refractivity (Wildman–Crippen MR) is 183 cm³/mol. The van der Waals surface area contributed by atoms with Crippen LogP contribution in [-0.2, 0) is 22.7 Å². The molecule has 2 aliphatic rings. The Bertz CT molecular complexity index is 1150. The molecular formula is C35H56N6O6. The van der Waals surface area contributed by atoms with E-state index in [9.17, 15) is 19.8 Å². The van der Waals surface area contributed by atoms with Crippen LogP contribution in [0.5, 0.6) is 0 Å². The van der Waals surface area contributed by atoms with Crippen LogP contribution in [0, 0.1) is 0 Å². The fourth-order valence-corrected chi connectivity index (χ4v) is 5.31. The zero-order chi connectivity index (χ0) is 34.1. The fraction of sp³-hybridized carbons (Fsp3) is 0.600. The van der Waals surface area contributed by atoms with Gasteiger partial charge >= 0.3 is 12.2 Å². The number of nitrogens with zero attached hydrogens (tertiary/aromatic N) is 4. The van der Waals surface area contributed by atoms with Crippen molar-refractivity contribution in [2.45, 2.75) is 51.7 Å². The van der Waals surface area contributed by atoms with Gasteiger partial charge < -0.3 is 35.2 Å². The number of carbonyl (C=O) groups excluding carboxylic acids is 2. The molecule has 0 saturated carbocycles. The standard InChI is InChI=1S/C19H31N3O3.C16H25N3O3/c1-19(2,3)22-11-9-21(10-12-22)14-17(23)13-20-18(24)25-15-16-7-5-4-6-8-16;1-18-7-9-19(10-8-18)12-15(20)11-17-16(21)22-13-14-5-3-2-4-6-14/h4-8,17,23H,9-15H2,1-3H3,(H,20,24);2-6,15,20H,7-13H2,1H3,(H,17,21)/t17-;15-/m00/s1. The highest BCUT2D eigenvalue weighted by Gasteiger charge is 2.26. The van der Waals surface area contributed by atoms with E-state index in [2.05, 4.69) is 58.1 Å². The second kappa shape index (κ2) is 20.2. The Balaban J connectivity index is 0.000000257.